The Kier molecular flexibility index (Phi) is 5.00. The van der Waals surface area contributed by atoms with E-state index >= 15 is 0 Å². The number of nitrogens with zero attached hydrogens (tertiary/aromatic N) is 2. The number of nitrogens with one attached hydrogen (secondary N) is 1. The van der Waals surface area contributed by atoms with Gasteiger partial charge in [-0.3, -0.25) is 0 Å². The zero-order valence-corrected chi connectivity index (χ0v) is 12.2. The van der Waals surface area contributed by atoms with Crippen LogP contribution in [-0.2, 0) is 6.42 Å². The second kappa shape index (κ2) is 6.73. The van der Waals surface area contributed by atoms with Gasteiger partial charge in [-0.1, -0.05) is 33.1 Å². The highest BCUT2D eigenvalue weighted by atomic mass is 15.0. The average Bonchev–Trinajstić information content (AvgIpc) is 2.37. The minimum absolute atomic E-state index is 0.567. The van der Waals surface area contributed by atoms with Gasteiger partial charge in [0.2, 0.25) is 0 Å². The van der Waals surface area contributed by atoms with Gasteiger partial charge < -0.3 is 11.1 Å². The van der Waals surface area contributed by atoms with E-state index in [4.69, 9.17) is 5.73 Å². The van der Waals surface area contributed by atoms with Crippen LogP contribution in [0.2, 0.25) is 0 Å². The molecule has 0 amide bonds. The Morgan fingerprint density at radius 1 is 1.32 bits per heavy atom. The normalized spacial score (nSPS) is 23.3. The summed E-state index contributed by atoms with van der Waals surface area (Å²) in [7, 11) is 0. The van der Waals surface area contributed by atoms with Gasteiger partial charge in [0, 0.05) is 19.0 Å². The number of hydrogen-bond acceptors (Lipinski definition) is 4. The molecular formula is C15H26N4. The first-order chi connectivity index (χ1) is 9.19. The van der Waals surface area contributed by atoms with Crippen LogP contribution < -0.4 is 11.1 Å². The summed E-state index contributed by atoms with van der Waals surface area (Å²) in [5, 5.41) is 3.45. The van der Waals surface area contributed by atoms with Crippen molar-refractivity contribution < 1.29 is 0 Å². The third-order valence-electron chi connectivity index (χ3n) is 4.10. The van der Waals surface area contributed by atoms with Crippen LogP contribution in [-0.4, -0.2) is 16.5 Å². The standard InChI is InChI=1S/C15H26N4/c1-3-6-14-18-13(16)9-15(19-14)17-10-12-8-5-4-7-11(12)2/h9,11-12H,3-8,10H2,1-2H3,(H3,16,17,18,19). The van der Waals surface area contributed by atoms with E-state index in [0.29, 0.717) is 5.82 Å². The molecule has 4 nitrogen and oxygen atoms in total. The quantitative estimate of drug-likeness (QED) is 0.855. The Hall–Kier alpha value is -1.32. The molecule has 0 aromatic carbocycles. The molecule has 1 aromatic heterocycles. The zero-order valence-electron chi connectivity index (χ0n) is 12.2. The van der Waals surface area contributed by atoms with E-state index in [0.717, 1.165) is 42.9 Å². The van der Waals surface area contributed by atoms with Crippen LogP contribution in [0.3, 0.4) is 0 Å². The molecule has 1 fully saturated rings. The van der Waals surface area contributed by atoms with Crippen molar-refractivity contribution >= 4 is 11.6 Å². The highest BCUT2D eigenvalue weighted by molar-refractivity contribution is 5.44. The van der Waals surface area contributed by atoms with Crippen molar-refractivity contribution in [1.82, 2.24) is 9.97 Å². The molecule has 1 aliphatic rings. The van der Waals surface area contributed by atoms with E-state index in [1.165, 1.54) is 25.7 Å². The van der Waals surface area contributed by atoms with Crippen molar-refractivity contribution in [2.24, 2.45) is 11.8 Å². The van der Waals surface area contributed by atoms with E-state index in [-0.39, 0.29) is 0 Å². The number of nitrogen functional groups attached to an aromatic ring is 1. The number of aryl methyl sites for hydroxylation is 1. The number of rotatable bonds is 5. The number of anilines is 2. The van der Waals surface area contributed by atoms with E-state index in [1.54, 1.807) is 0 Å². The van der Waals surface area contributed by atoms with Crippen molar-refractivity contribution in [2.75, 3.05) is 17.6 Å². The predicted molar refractivity (Wildman–Crippen MR) is 80.1 cm³/mol. The fourth-order valence-electron chi connectivity index (χ4n) is 2.88. The summed E-state index contributed by atoms with van der Waals surface area (Å²) >= 11 is 0. The third kappa shape index (κ3) is 4.08. The second-order valence-electron chi connectivity index (χ2n) is 5.75. The summed E-state index contributed by atoms with van der Waals surface area (Å²) < 4.78 is 0. The number of nitrogens with two attached hydrogens (primary N) is 1. The van der Waals surface area contributed by atoms with Gasteiger partial charge in [-0.05, 0) is 24.7 Å². The van der Waals surface area contributed by atoms with Crippen LogP contribution in [0.1, 0.15) is 51.8 Å². The van der Waals surface area contributed by atoms with E-state index in [1.807, 2.05) is 6.07 Å². The topological polar surface area (TPSA) is 63.8 Å². The van der Waals surface area contributed by atoms with Crippen LogP contribution in [0.5, 0.6) is 0 Å². The first-order valence-electron chi connectivity index (χ1n) is 7.56. The summed E-state index contributed by atoms with van der Waals surface area (Å²) in [6.45, 7) is 5.49. The Labute approximate surface area is 116 Å². The second-order valence-corrected chi connectivity index (χ2v) is 5.75. The molecule has 2 unspecified atom stereocenters. The highest BCUT2D eigenvalue weighted by Gasteiger charge is 2.21. The molecule has 4 heteroatoms. The molecule has 1 aliphatic carbocycles. The third-order valence-corrected chi connectivity index (χ3v) is 4.10. The molecule has 19 heavy (non-hydrogen) atoms. The van der Waals surface area contributed by atoms with Crippen LogP contribution >= 0.6 is 0 Å². The van der Waals surface area contributed by atoms with Crippen LogP contribution in [0.25, 0.3) is 0 Å². The van der Waals surface area contributed by atoms with Crippen molar-refractivity contribution in [3.63, 3.8) is 0 Å². The van der Waals surface area contributed by atoms with Gasteiger partial charge in [-0.2, -0.15) is 0 Å². The summed E-state index contributed by atoms with van der Waals surface area (Å²) in [5.74, 6) is 3.88. The molecule has 2 rings (SSSR count). The van der Waals surface area contributed by atoms with Gasteiger partial charge in [0.15, 0.2) is 0 Å². The zero-order chi connectivity index (χ0) is 13.7. The molecule has 1 heterocycles. The lowest BCUT2D eigenvalue weighted by molar-refractivity contribution is 0.268. The summed E-state index contributed by atoms with van der Waals surface area (Å²) in [5.41, 5.74) is 5.83. The van der Waals surface area contributed by atoms with Crippen LogP contribution in [0, 0.1) is 11.8 Å². The Morgan fingerprint density at radius 2 is 2.11 bits per heavy atom. The van der Waals surface area contributed by atoms with Crippen LogP contribution in [0.4, 0.5) is 11.6 Å². The van der Waals surface area contributed by atoms with E-state index in [9.17, 15) is 0 Å². The minimum Gasteiger partial charge on any atom is -0.384 e. The summed E-state index contributed by atoms with van der Waals surface area (Å²) in [6.07, 6.45) is 7.38. The molecule has 2 atom stereocenters. The fourth-order valence-corrected chi connectivity index (χ4v) is 2.88. The lowest BCUT2D eigenvalue weighted by Crippen LogP contribution is -2.24. The lowest BCUT2D eigenvalue weighted by atomic mass is 9.80. The van der Waals surface area contributed by atoms with Gasteiger partial charge in [-0.25, -0.2) is 9.97 Å². The molecule has 0 aliphatic heterocycles. The number of hydrogen-bond donors (Lipinski definition) is 2. The van der Waals surface area contributed by atoms with Crippen molar-refractivity contribution in [1.29, 1.82) is 0 Å². The SMILES string of the molecule is CCCc1nc(N)cc(NCC2CCCCC2C)n1. The Balaban J connectivity index is 1.94. The van der Waals surface area contributed by atoms with Gasteiger partial charge >= 0.3 is 0 Å². The summed E-state index contributed by atoms with van der Waals surface area (Å²) in [4.78, 5) is 8.79. The molecule has 0 radical (unpaired) electrons. The monoisotopic (exact) mass is 262 g/mol. The van der Waals surface area contributed by atoms with E-state index < -0.39 is 0 Å². The lowest BCUT2D eigenvalue weighted by Gasteiger charge is -2.29. The molecular weight excluding hydrogens is 236 g/mol. The minimum atomic E-state index is 0.567. The molecule has 0 bridgehead atoms. The van der Waals surface area contributed by atoms with Crippen molar-refractivity contribution in [3.8, 4) is 0 Å². The molecule has 0 saturated heterocycles. The largest absolute Gasteiger partial charge is 0.384 e. The molecule has 0 spiro atoms. The van der Waals surface area contributed by atoms with Gasteiger partial charge in [0.1, 0.15) is 17.5 Å². The van der Waals surface area contributed by atoms with Crippen LogP contribution in [0.15, 0.2) is 6.07 Å². The Bertz CT molecular complexity index is 405. The highest BCUT2D eigenvalue weighted by Crippen LogP contribution is 2.29. The molecule has 3 N–H and O–H groups in total. The average molecular weight is 262 g/mol. The van der Waals surface area contributed by atoms with Gasteiger partial charge in [0.25, 0.3) is 0 Å². The maximum atomic E-state index is 5.83. The predicted octanol–water partition coefficient (Wildman–Crippen LogP) is 3.25. The van der Waals surface area contributed by atoms with E-state index in [2.05, 4.69) is 29.1 Å². The van der Waals surface area contributed by atoms with Crippen molar-refractivity contribution in [3.05, 3.63) is 11.9 Å². The smallest absolute Gasteiger partial charge is 0.133 e. The Morgan fingerprint density at radius 3 is 2.84 bits per heavy atom. The molecule has 106 valence electrons. The van der Waals surface area contributed by atoms with Gasteiger partial charge in [-0.15, -0.1) is 0 Å². The molecule has 1 saturated carbocycles. The first-order valence-corrected chi connectivity index (χ1v) is 7.56. The number of aromatic nitrogens is 2. The van der Waals surface area contributed by atoms with Gasteiger partial charge in [0.05, 0.1) is 0 Å². The van der Waals surface area contributed by atoms with Crippen molar-refractivity contribution in [2.45, 2.75) is 52.4 Å². The summed E-state index contributed by atoms with van der Waals surface area (Å²) in [6, 6.07) is 1.84. The maximum absolute atomic E-state index is 5.83. The fraction of sp³-hybridized carbons (Fsp3) is 0.733. The first kappa shape index (κ1) is 14.1. The molecule has 1 aromatic rings. The maximum Gasteiger partial charge on any atom is 0.133 e.